The number of methoxy groups -OCH3 is 1. The van der Waals surface area contributed by atoms with Crippen molar-refractivity contribution >= 4 is 27.6 Å². The summed E-state index contributed by atoms with van der Waals surface area (Å²) in [6.45, 7) is -0.427. The van der Waals surface area contributed by atoms with Crippen molar-refractivity contribution in [1.82, 2.24) is 15.0 Å². The first kappa shape index (κ1) is 29.8. The quantitative estimate of drug-likeness (QED) is 0.180. The van der Waals surface area contributed by atoms with Crippen LogP contribution in [0.2, 0.25) is 0 Å². The van der Waals surface area contributed by atoms with Gasteiger partial charge in [0, 0.05) is 18.1 Å². The van der Waals surface area contributed by atoms with E-state index in [0.717, 1.165) is 6.33 Å². The Balaban J connectivity index is 1.52. The van der Waals surface area contributed by atoms with Crippen LogP contribution in [-0.4, -0.2) is 68.1 Å². The van der Waals surface area contributed by atoms with Gasteiger partial charge in [0.2, 0.25) is 5.75 Å². The summed E-state index contributed by atoms with van der Waals surface area (Å²) in [7, 11) is -2.71. The highest BCUT2D eigenvalue weighted by atomic mass is 32.2. The molecule has 0 bridgehead atoms. The number of carbonyl (C=O) groups is 1. The lowest BCUT2D eigenvalue weighted by Crippen LogP contribution is -2.18. The first-order valence-corrected chi connectivity index (χ1v) is 13.9. The average molecular weight is 598 g/mol. The van der Waals surface area contributed by atoms with E-state index in [-0.39, 0.29) is 54.5 Å². The normalized spacial score (nSPS) is 10.8. The van der Waals surface area contributed by atoms with Gasteiger partial charge in [0.05, 0.1) is 18.6 Å². The van der Waals surface area contributed by atoms with E-state index in [2.05, 4.69) is 25.0 Å². The van der Waals surface area contributed by atoms with Crippen LogP contribution in [0.5, 0.6) is 28.9 Å². The number of rotatable bonds is 14. The standard InChI is InChI=1S/C27H27N5O9S/c1-37-22-4-2-3-5-23(22)41-24-25(32-42(35,36)21-8-6-20(7-9-21)38-15-14-33)29-18-30-26(24)39-16-17-40-27(34)31-19-10-12-28-13-11-19/h2-13,18,33H,14-17H2,1H3,(H,28,31,34)(H,29,30,32). The van der Waals surface area contributed by atoms with E-state index < -0.39 is 16.1 Å². The van der Waals surface area contributed by atoms with E-state index >= 15 is 0 Å². The fourth-order valence-corrected chi connectivity index (χ4v) is 4.38. The maximum absolute atomic E-state index is 13.2. The molecule has 4 aromatic rings. The molecule has 3 N–H and O–H groups in total. The molecule has 2 aromatic heterocycles. The van der Waals surface area contributed by atoms with Crippen LogP contribution in [0.15, 0.2) is 84.3 Å². The molecule has 1 amide bonds. The molecular formula is C27H27N5O9S. The summed E-state index contributed by atoms with van der Waals surface area (Å²) >= 11 is 0. The Bertz CT molecular complexity index is 1570. The van der Waals surface area contributed by atoms with Crippen LogP contribution < -0.4 is 29.0 Å². The van der Waals surface area contributed by atoms with Gasteiger partial charge in [-0.2, -0.15) is 4.98 Å². The summed E-state index contributed by atoms with van der Waals surface area (Å²) < 4.78 is 56.3. The molecule has 14 nitrogen and oxygen atoms in total. The van der Waals surface area contributed by atoms with Crippen LogP contribution in [0, 0.1) is 0 Å². The number of nitrogens with one attached hydrogen (secondary N) is 2. The number of pyridine rings is 1. The first-order valence-electron chi connectivity index (χ1n) is 12.4. The number of carbonyl (C=O) groups excluding carboxylic acids is 1. The Morgan fingerprint density at radius 1 is 0.905 bits per heavy atom. The number of aliphatic hydroxyl groups excluding tert-OH is 1. The number of para-hydroxylation sites is 2. The molecule has 0 aliphatic rings. The maximum Gasteiger partial charge on any atom is 0.411 e. The van der Waals surface area contributed by atoms with Gasteiger partial charge in [0.15, 0.2) is 17.3 Å². The Hall–Kier alpha value is -5.15. The van der Waals surface area contributed by atoms with E-state index in [9.17, 15) is 13.2 Å². The number of nitrogens with zero attached hydrogens (tertiary/aromatic N) is 3. The summed E-state index contributed by atoms with van der Waals surface area (Å²) in [5.41, 5.74) is 0.503. The molecule has 220 valence electrons. The first-order chi connectivity index (χ1) is 20.4. The van der Waals surface area contributed by atoms with Gasteiger partial charge < -0.3 is 28.8 Å². The molecule has 2 heterocycles. The van der Waals surface area contributed by atoms with Gasteiger partial charge in [-0.25, -0.2) is 18.2 Å². The Kier molecular flexibility index (Phi) is 10.3. The molecule has 0 saturated heterocycles. The van der Waals surface area contributed by atoms with Gasteiger partial charge in [0.1, 0.15) is 31.9 Å². The molecule has 42 heavy (non-hydrogen) atoms. The molecular weight excluding hydrogens is 570 g/mol. The number of anilines is 2. The highest BCUT2D eigenvalue weighted by Crippen LogP contribution is 2.39. The molecule has 0 unspecified atom stereocenters. The van der Waals surface area contributed by atoms with Crippen molar-refractivity contribution in [3.05, 3.63) is 79.4 Å². The number of aromatic nitrogens is 3. The minimum atomic E-state index is -4.16. The van der Waals surface area contributed by atoms with Gasteiger partial charge in [-0.05, 0) is 48.5 Å². The Labute approximate surface area is 241 Å². The fraction of sp³-hybridized carbons (Fsp3) is 0.185. The van der Waals surface area contributed by atoms with Gasteiger partial charge in [-0.15, -0.1) is 0 Å². The zero-order chi connectivity index (χ0) is 29.8. The predicted octanol–water partition coefficient (Wildman–Crippen LogP) is 3.47. The second-order valence-corrected chi connectivity index (χ2v) is 9.79. The molecule has 0 fully saturated rings. The minimum absolute atomic E-state index is 0.0676. The highest BCUT2D eigenvalue weighted by Gasteiger charge is 2.23. The summed E-state index contributed by atoms with van der Waals surface area (Å²) in [4.78, 5) is 24.0. The Morgan fingerprint density at radius 2 is 1.64 bits per heavy atom. The number of sulfonamides is 1. The molecule has 15 heteroatoms. The highest BCUT2D eigenvalue weighted by molar-refractivity contribution is 7.92. The van der Waals surface area contributed by atoms with Gasteiger partial charge in [0.25, 0.3) is 15.9 Å². The number of benzene rings is 2. The van der Waals surface area contributed by atoms with Crippen molar-refractivity contribution in [2.45, 2.75) is 4.90 Å². The van der Waals surface area contributed by atoms with Crippen LogP contribution in [-0.2, 0) is 14.8 Å². The summed E-state index contributed by atoms with van der Waals surface area (Å²) in [5.74, 6) is 0.476. The SMILES string of the molecule is COc1ccccc1Oc1c(NS(=O)(=O)c2ccc(OCCO)cc2)ncnc1OCCOC(=O)Nc1ccncc1. The van der Waals surface area contributed by atoms with Crippen LogP contribution in [0.1, 0.15) is 0 Å². The molecule has 0 saturated carbocycles. The van der Waals surface area contributed by atoms with Gasteiger partial charge >= 0.3 is 6.09 Å². The molecule has 0 aliphatic carbocycles. The van der Waals surface area contributed by atoms with E-state index in [1.165, 1.54) is 43.8 Å². The van der Waals surface area contributed by atoms with Crippen molar-refractivity contribution in [3.63, 3.8) is 0 Å². The minimum Gasteiger partial charge on any atom is -0.493 e. The summed E-state index contributed by atoms with van der Waals surface area (Å²) in [6, 6.07) is 15.5. The van der Waals surface area contributed by atoms with Crippen molar-refractivity contribution in [3.8, 4) is 28.9 Å². The Morgan fingerprint density at radius 3 is 2.36 bits per heavy atom. The largest absolute Gasteiger partial charge is 0.493 e. The number of amides is 1. The third-order valence-corrected chi connectivity index (χ3v) is 6.61. The lowest BCUT2D eigenvalue weighted by molar-refractivity contribution is 0.135. The molecule has 0 spiro atoms. The topological polar surface area (TPSA) is 180 Å². The number of hydrogen-bond acceptors (Lipinski definition) is 12. The number of hydrogen-bond donors (Lipinski definition) is 3. The third-order valence-electron chi connectivity index (χ3n) is 5.26. The van der Waals surface area contributed by atoms with E-state index in [1.54, 1.807) is 36.4 Å². The lowest BCUT2D eigenvalue weighted by atomic mass is 10.3. The maximum atomic E-state index is 13.2. The van der Waals surface area contributed by atoms with E-state index in [0.29, 0.717) is 17.2 Å². The van der Waals surface area contributed by atoms with E-state index in [4.69, 9.17) is 28.8 Å². The molecule has 0 aliphatic heterocycles. The molecule has 0 atom stereocenters. The lowest BCUT2D eigenvalue weighted by Gasteiger charge is -2.17. The van der Waals surface area contributed by atoms with E-state index in [1.807, 2.05) is 0 Å². The van der Waals surface area contributed by atoms with Crippen molar-refractivity contribution in [2.75, 3.05) is 43.6 Å². The molecule has 2 aromatic carbocycles. The van der Waals surface area contributed by atoms with Crippen LogP contribution in [0.3, 0.4) is 0 Å². The smallest absolute Gasteiger partial charge is 0.411 e. The van der Waals surface area contributed by atoms with Crippen LogP contribution in [0.25, 0.3) is 0 Å². The molecule has 0 radical (unpaired) electrons. The fourth-order valence-electron chi connectivity index (χ4n) is 3.36. The second-order valence-electron chi connectivity index (χ2n) is 8.10. The third kappa shape index (κ3) is 8.18. The van der Waals surface area contributed by atoms with Crippen molar-refractivity contribution in [1.29, 1.82) is 0 Å². The van der Waals surface area contributed by atoms with Gasteiger partial charge in [-0.1, -0.05) is 12.1 Å². The average Bonchev–Trinajstić information content (AvgIpc) is 3.00. The zero-order valence-electron chi connectivity index (χ0n) is 22.3. The van der Waals surface area contributed by atoms with Gasteiger partial charge in [-0.3, -0.25) is 15.0 Å². The monoisotopic (exact) mass is 597 g/mol. The number of aliphatic hydroxyl groups is 1. The second kappa shape index (κ2) is 14.5. The number of ether oxygens (including phenoxy) is 5. The predicted molar refractivity (Wildman–Crippen MR) is 150 cm³/mol. The van der Waals surface area contributed by atoms with Crippen LogP contribution in [0.4, 0.5) is 16.3 Å². The summed E-state index contributed by atoms with van der Waals surface area (Å²) in [6.07, 6.45) is 3.42. The molecule has 4 rings (SSSR count). The van der Waals surface area contributed by atoms with Crippen molar-refractivity contribution in [2.24, 2.45) is 0 Å². The van der Waals surface area contributed by atoms with Crippen LogP contribution >= 0.6 is 0 Å². The summed E-state index contributed by atoms with van der Waals surface area (Å²) in [5, 5.41) is 11.5. The van der Waals surface area contributed by atoms with Crippen molar-refractivity contribution < 1.29 is 42.0 Å². The zero-order valence-corrected chi connectivity index (χ0v) is 23.1.